The first-order valence-electron chi connectivity index (χ1n) is 6.91. The number of para-hydroxylation sites is 1. The topological polar surface area (TPSA) is 12.9 Å². The van der Waals surface area contributed by atoms with Crippen molar-refractivity contribution >= 4 is 44.5 Å². The summed E-state index contributed by atoms with van der Waals surface area (Å²) in [6.45, 7) is 0. The van der Waals surface area contributed by atoms with Crippen molar-refractivity contribution in [3.63, 3.8) is 0 Å². The van der Waals surface area contributed by atoms with E-state index in [4.69, 9.17) is 0 Å². The fraction of sp³-hybridized carbons (Fsp3) is 0. The van der Waals surface area contributed by atoms with Gasteiger partial charge in [0.2, 0.25) is 0 Å². The molecule has 1 nitrogen and oxygen atoms in total. The van der Waals surface area contributed by atoms with E-state index in [-0.39, 0.29) is 0 Å². The minimum atomic E-state index is 0.992. The predicted octanol–water partition coefficient (Wildman–Crippen LogP) is 5.62. The van der Waals surface area contributed by atoms with E-state index in [1.807, 2.05) is 18.2 Å². The van der Waals surface area contributed by atoms with E-state index in [0.29, 0.717) is 0 Å². The number of benzene rings is 2. The van der Waals surface area contributed by atoms with Gasteiger partial charge in [0.1, 0.15) is 0 Å². The molecule has 0 radical (unpaired) electrons. The number of nitrogens with zero attached hydrogens (tertiary/aromatic N) is 1. The molecule has 0 N–H and O–H groups in total. The van der Waals surface area contributed by atoms with Crippen LogP contribution in [-0.4, -0.2) is 4.98 Å². The normalized spacial score (nSPS) is 11.6. The van der Waals surface area contributed by atoms with Crippen LogP contribution in [0.3, 0.4) is 0 Å². The molecule has 0 atom stereocenters. The second kappa shape index (κ2) is 5.15. The molecule has 4 aromatic rings. The lowest BCUT2D eigenvalue weighted by molar-refractivity contribution is 1.37. The summed E-state index contributed by atoms with van der Waals surface area (Å²) >= 11 is 1.81. The third-order valence-electron chi connectivity index (χ3n) is 3.48. The summed E-state index contributed by atoms with van der Waals surface area (Å²) in [5, 5.41) is 2.48. The highest BCUT2D eigenvalue weighted by Crippen LogP contribution is 2.26. The fourth-order valence-electron chi connectivity index (χ4n) is 2.43. The Bertz CT molecular complexity index is 917. The molecule has 0 aliphatic carbocycles. The summed E-state index contributed by atoms with van der Waals surface area (Å²) in [6.07, 6.45) is 4.22. The standard InChI is InChI=1S/C19H13NS/c1-3-7-18-14(5-1)9-10-16(20-18)11-12-17-13-15-6-2-4-8-19(15)21-17/h1-13H/b12-11-. The van der Waals surface area contributed by atoms with Gasteiger partial charge in [-0.1, -0.05) is 42.5 Å². The molecule has 21 heavy (non-hydrogen) atoms. The highest BCUT2D eigenvalue weighted by molar-refractivity contribution is 7.19. The van der Waals surface area contributed by atoms with Gasteiger partial charge >= 0.3 is 0 Å². The zero-order valence-electron chi connectivity index (χ0n) is 11.4. The zero-order chi connectivity index (χ0) is 14.1. The van der Waals surface area contributed by atoms with Gasteiger partial charge in [0, 0.05) is 15.0 Å². The zero-order valence-corrected chi connectivity index (χ0v) is 12.2. The first-order valence-corrected chi connectivity index (χ1v) is 7.73. The number of thiophene rings is 1. The second-order valence-corrected chi connectivity index (χ2v) is 6.06. The molecule has 0 amide bonds. The van der Waals surface area contributed by atoms with E-state index >= 15 is 0 Å². The number of pyridine rings is 1. The van der Waals surface area contributed by atoms with Gasteiger partial charge in [-0.25, -0.2) is 4.98 Å². The lowest BCUT2D eigenvalue weighted by Crippen LogP contribution is -1.81. The van der Waals surface area contributed by atoms with Gasteiger partial charge in [-0.3, -0.25) is 0 Å². The maximum atomic E-state index is 4.66. The Morgan fingerprint density at radius 1 is 0.762 bits per heavy atom. The smallest absolute Gasteiger partial charge is 0.0709 e. The summed E-state index contributed by atoms with van der Waals surface area (Å²) in [5.74, 6) is 0. The van der Waals surface area contributed by atoms with Crippen molar-refractivity contribution in [1.29, 1.82) is 0 Å². The van der Waals surface area contributed by atoms with Crippen LogP contribution in [0.15, 0.2) is 66.7 Å². The van der Waals surface area contributed by atoms with E-state index in [1.54, 1.807) is 11.3 Å². The van der Waals surface area contributed by atoms with Crippen LogP contribution in [0.4, 0.5) is 0 Å². The largest absolute Gasteiger partial charge is 0.248 e. The number of fused-ring (bicyclic) bond motifs is 2. The van der Waals surface area contributed by atoms with E-state index in [9.17, 15) is 0 Å². The van der Waals surface area contributed by atoms with Crippen LogP contribution < -0.4 is 0 Å². The molecular formula is C19H13NS. The third-order valence-corrected chi connectivity index (χ3v) is 4.56. The highest BCUT2D eigenvalue weighted by atomic mass is 32.1. The maximum Gasteiger partial charge on any atom is 0.0709 e. The van der Waals surface area contributed by atoms with Crippen LogP contribution >= 0.6 is 11.3 Å². The van der Waals surface area contributed by atoms with Crippen LogP contribution in [0, 0.1) is 0 Å². The molecule has 0 aliphatic rings. The summed E-state index contributed by atoms with van der Waals surface area (Å²) < 4.78 is 1.32. The van der Waals surface area contributed by atoms with E-state index in [1.165, 1.54) is 20.3 Å². The number of hydrogen-bond acceptors (Lipinski definition) is 2. The van der Waals surface area contributed by atoms with Gasteiger partial charge < -0.3 is 0 Å². The van der Waals surface area contributed by atoms with Crippen molar-refractivity contribution < 1.29 is 0 Å². The minimum absolute atomic E-state index is 0.992. The average molecular weight is 287 g/mol. The lowest BCUT2D eigenvalue weighted by atomic mass is 10.2. The first-order chi connectivity index (χ1) is 10.4. The SMILES string of the molecule is C(=C/c1cc2ccccc2s1)/c1ccc2ccccc2n1. The van der Waals surface area contributed by atoms with Crippen molar-refractivity contribution in [3.05, 3.63) is 77.3 Å². The van der Waals surface area contributed by atoms with Crippen LogP contribution in [0.5, 0.6) is 0 Å². The highest BCUT2D eigenvalue weighted by Gasteiger charge is 1.98. The van der Waals surface area contributed by atoms with Crippen molar-refractivity contribution in [2.75, 3.05) is 0 Å². The maximum absolute atomic E-state index is 4.66. The molecule has 2 heteroatoms. The summed E-state index contributed by atoms with van der Waals surface area (Å²) in [6, 6.07) is 23.1. The predicted molar refractivity (Wildman–Crippen MR) is 92.5 cm³/mol. The summed E-state index contributed by atoms with van der Waals surface area (Å²) in [4.78, 5) is 5.92. The molecule has 0 unspecified atom stereocenters. The Labute approximate surface area is 127 Å². The molecule has 0 saturated heterocycles. The van der Waals surface area contributed by atoms with Crippen LogP contribution in [0.2, 0.25) is 0 Å². The van der Waals surface area contributed by atoms with Gasteiger partial charge in [0.15, 0.2) is 0 Å². The van der Waals surface area contributed by atoms with Crippen molar-refractivity contribution in [2.45, 2.75) is 0 Å². The molecule has 2 aromatic heterocycles. The molecule has 0 aliphatic heterocycles. The molecular weight excluding hydrogens is 274 g/mol. The van der Waals surface area contributed by atoms with Gasteiger partial charge in [-0.2, -0.15) is 0 Å². The van der Waals surface area contributed by atoms with Gasteiger partial charge in [0.25, 0.3) is 0 Å². The Morgan fingerprint density at radius 2 is 1.57 bits per heavy atom. The van der Waals surface area contributed by atoms with Crippen molar-refractivity contribution in [1.82, 2.24) is 4.98 Å². The number of aromatic nitrogens is 1. The van der Waals surface area contributed by atoms with Gasteiger partial charge in [-0.15, -0.1) is 11.3 Å². The molecule has 0 fully saturated rings. The quantitative estimate of drug-likeness (QED) is 0.466. The molecule has 100 valence electrons. The first kappa shape index (κ1) is 12.3. The molecule has 2 heterocycles. The summed E-state index contributed by atoms with van der Waals surface area (Å²) in [5.41, 5.74) is 2.03. The molecule has 0 bridgehead atoms. The number of rotatable bonds is 2. The van der Waals surface area contributed by atoms with Gasteiger partial charge in [0.05, 0.1) is 11.2 Å². The van der Waals surface area contributed by atoms with Crippen molar-refractivity contribution in [2.24, 2.45) is 0 Å². The fourth-order valence-corrected chi connectivity index (χ4v) is 3.39. The second-order valence-electron chi connectivity index (χ2n) is 4.95. The molecule has 4 rings (SSSR count). The Hall–Kier alpha value is -2.45. The summed E-state index contributed by atoms with van der Waals surface area (Å²) in [7, 11) is 0. The lowest BCUT2D eigenvalue weighted by Gasteiger charge is -1.97. The Morgan fingerprint density at radius 3 is 2.48 bits per heavy atom. The Balaban J connectivity index is 1.69. The minimum Gasteiger partial charge on any atom is -0.248 e. The average Bonchev–Trinajstić information content (AvgIpc) is 2.95. The Kier molecular flexibility index (Phi) is 3.02. The molecule has 0 spiro atoms. The van der Waals surface area contributed by atoms with Crippen molar-refractivity contribution in [3.8, 4) is 0 Å². The van der Waals surface area contributed by atoms with Crippen LogP contribution in [0.25, 0.3) is 33.1 Å². The van der Waals surface area contributed by atoms with Crippen LogP contribution in [-0.2, 0) is 0 Å². The van der Waals surface area contributed by atoms with E-state index in [2.05, 4.69) is 65.7 Å². The monoisotopic (exact) mass is 287 g/mol. The van der Waals surface area contributed by atoms with E-state index < -0.39 is 0 Å². The number of hydrogen-bond donors (Lipinski definition) is 0. The molecule has 2 aromatic carbocycles. The van der Waals surface area contributed by atoms with Crippen LogP contribution in [0.1, 0.15) is 10.6 Å². The van der Waals surface area contributed by atoms with Gasteiger partial charge in [-0.05, 0) is 41.8 Å². The molecule has 0 saturated carbocycles. The van der Waals surface area contributed by atoms with E-state index in [0.717, 1.165) is 11.2 Å². The third kappa shape index (κ3) is 2.46.